The number of fused-ring (bicyclic) bond motifs is 1. The van der Waals surface area contributed by atoms with Crippen LogP contribution in [0.2, 0.25) is 0 Å². The molecule has 0 aliphatic rings. The summed E-state index contributed by atoms with van der Waals surface area (Å²) in [4.78, 5) is 212. The van der Waals surface area contributed by atoms with Gasteiger partial charge in [-0.25, -0.2) is 4.79 Å². The maximum absolute atomic E-state index is 14.8. The monoisotopic (exact) mass is 1650 g/mol. The Labute approximate surface area is 686 Å². The van der Waals surface area contributed by atoms with Crippen molar-refractivity contribution in [2.45, 2.75) is 212 Å². The predicted octanol–water partition coefficient (Wildman–Crippen LogP) is 0.104. The number of aliphatic hydroxyl groups is 1. The van der Waals surface area contributed by atoms with Crippen LogP contribution in [0.4, 0.5) is 0 Å². The summed E-state index contributed by atoms with van der Waals surface area (Å²) in [6, 6.07) is 13.0. The van der Waals surface area contributed by atoms with Crippen molar-refractivity contribution in [3.8, 4) is 0 Å². The summed E-state index contributed by atoms with van der Waals surface area (Å²) >= 11 is 8.68. The van der Waals surface area contributed by atoms with Gasteiger partial charge in [0.05, 0.1) is 12.6 Å². The summed E-state index contributed by atoms with van der Waals surface area (Å²) in [7, 11) is 0. The minimum atomic E-state index is -1.84. The number of thiol groups is 2. The molecule has 1 heterocycles. The van der Waals surface area contributed by atoms with E-state index in [9.17, 15) is 82.1 Å². The molecule has 0 aliphatic carbocycles. The Morgan fingerprint density at radius 3 is 1.10 bits per heavy atom. The first kappa shape index (κ1) is 95.7. The van der Waals surface area contributed by atoms with Gasteiger partial charge < -0.3 is 95.8 Å². The third-order valence-electron chi connectivity index (χ3n) is 18.7. The molecule has 4 aromatic carbocycles. The van der Waals surface area contributed by atoms with Crippen molar-refractivity contribution < 1.29 is 82.1 Å². The number of carboxylic acids is 1. The Morgan fingerprint density at radius 2 is 0.698 bits per heavy atom. The van der Waals surface area contributed by atoms with Gasteiger partial charge in [-0.3, -0.25) is 67.1 Å². The van der Waals surface area contributed by atoms with Gasteiger partial charge in [0, 0.05) is 60.7 Å². The van der Waals surface area contributed by atoms with Gasteiger partial charge in [0.1, 0.15) is 78.5 Å². The molecule has 5 aromatic rings. The molecule has 0 aliphatic heterocycles. The quantitative estimate of drug-likeness (QED) is 0.0230. The normalized spacial score (nSPS) is 14.9. The fourth-order valence-electron chi connectivity index (χ4n) is 12.4. The second kappa shape index (κ2) is 47.8. The lowest BCUT2D eigenvalue weighted by Gasteiger charge is -2.29. The van der Waals surface area contributed by atoms with Gasteiger partial charge >= 0.3 is 5.97 Å². The molecule has 14 atom stereocenters. The van der Waals surface area contributed by atoms with Gasteiger partial charge in [-0.1, -0.05) is 165 Å². The van der Waals surface area contributed by atoms with E-state index in [1.807, 2.05) is 0 Å². The number of carbonyl (C=O) groups excluding carboxylic acids is 14. The van der Waals surface area contributed by atoms with Crippen LogP contribution in [0.1, 0.15) is 124 Å². The van der Waals surface area contributed by atoms with Crippen molar-refractivity contribution in [1.82, 2.24) is 74.1 Å². The number of aromatic nitrogens is 1. The van der Waals surface area contributed by atoms with Crippen LogP contribution in [0, 0.1) is 23.7 Å². The average molecular weight is 1650 g/mol. The number of primary amides is 1. The molecule has 0 saturated carbocycles. The first-order valence-corrected chi connectivity index (χ1v) is 39.9. The Morgan fingerprint density at radius 1 is 0.371 bits per heavy atom. The molecule has 0 fully saturated rings. The molecule has 0 saturated heterocycles. The summed E-state index contributed by atoms with van der Waals surface area (Å²) < 4.78 is 0. The van der Waals surface area contributed by atoms with Gasteiger partial charge in [0.15, 0.2) is 0 Å². The number of hydrogen-bond acceptors (Lipinski definition) is 19. The minimum absolute atomic E-state index is 0.0384. The highest BCUT2D eigenvalue weighted by Gasteiger charge is 2.39. The number of para-hydroxylation sites is 1. The smallest absolute Gasteiger partial charge is 0.326 e. The van der Waals surface area contributed by atoms with Crippen molar-refractivity contribution >= 4 is 125 Å². The maximum atomic E-state index is 14.8. The molecule has 0 unspecified atom stereocenters. The molecule has 5 rings (SSSR count). The third kappa shape index (κ3) is 31.7. The number of amides is 14. The number of carbonyl (C=O) groups is 15. The summed E-state index contributed by atoms with van der Waals surface area (Å²) in [6.07, 6.45) is 0.0510. The minimum Gasteiger partial charge on any atom is -0.480 e. The van der Waals surface area contributed by atoms with E-state index in [0.717, 1.165) is 0 Å². The average Bonchev–Trinajstić information content (AvgIpc) is 1.64. The SMILES string of the molecule is CC(C)C[C@H](NC(=O)[C@H](C)NC(=O)[C@H](C)N)C(=O)N[C@@H](Cc1c[nH]c2ccccc12)C(=O)N[C@@H](CCC(N)=O)C(=O)N[C@@H](CO)C(=O)N[C@@H](CC(C)C)C(=O)N[C@@H](CC(C)C)C(=O)N[C@@H](Cc1ccccc1)C(=O)N[C@@H](CS)C(=O)N[C@@H](Cc1ccccc1)C(=O)N[C@H](C(=O)N[C@@H](CS)C(=O)N[C@@H](Cc1ccccc1)C(=O)O)C(C)C. The molecule has 14 amide bonds. The van der Waals surface area contributed by atoms with Gasteiger partial charge in [0.2, 0.25) is 82.7 Å². The van der Waals surface area contributed by atoms with Gasteiger partial charge in [-0.05, 0) is 91.5 Å². The number of hydrogen-bond donors (Lipinski definition) is 20. The number of aliphatic carboxylic acids is 1. The molecule has 0 bridgehead atoms. The number of nitrogens with one attached hydrogen (secondary N) is 14. The van der Waals surface area contributed by atoms with Crippen LogP contribution < -0.4 is 80.6 Å². The fourth-order valence-corrected chi connectivity index (χ4v) is 12.9. The lowest BCUT2D eigenvalue weighted by Crippen LogP contribution is -2.62. The highest BCUT2D eigenvalue weighted by atomic mass is 32.1. The third-order valence-corrected chi connectivity index (χ3v) is 19.4. The van der Waals surface area contributed by atoms with Crippen LogP contribution in [0.15, 0.2) is 121 Å². The standard InChI is InChI=1S/C81H114N16O17S2/c1-43(2)32-56(87-69(101)48(10)85-68(100)47(9)82)71(103)92-61(38-52-39-84-54-29-21-20-28-53(52)54)75(107)86-55(30-31-66(83)99)70(102)94-63(40-98)77(109)89-58(34-45(5)6)72(104)88-57(33-44(3)4)73(105)90-59(35-49-22-14-11-15-23-49)74(106)95-64(41-115)78(110)91-60(36-50-24-16-12-17-25-50)76(108)97-67(46(7)8)80(112)96-65(42-116)79(111)93-62(81(113)114)37-51-26-18-13-19-27-51/h11-29,39,43-48,55-65,67,84,98,115-116H,30-38,40-42,82H2,1-10H3,(H2,83,99)(H,85,100)(H,86,107)(H,87,101)(H,88,104)(H,89,109)(H,90,105)(H,91,110)(H,92,103)(H,93,111)(H,94,102)(H,95,106)(H,96,112)(H,97,108)(H,113,114)/t47-,48-,55-,56-,57-,58-,59-,60-,61-,62-,63-,64-,65-,67-/m0/s1. The van der Waals surface area contributed by atoms with Gasteiger partial charge in [-0.2, -0.15) is 25.3 Å². The Balaban J connectivity index is 1.35. The van der Waals surface area contributed by atoms with Gasteiger partial charge in [-0.15, -0.1) is 0 Å². The largest absolute Gasteiger partial charge is 0.480 e. The highest BCUT2D eigenvalue weighted by molar-refractivity contribution is 7.80. The van der Waals surface area contributed by atoms with Crippen LogP contribution in [0.5, 0.6) is 0 Å². The lowest BCUT2D eigenvalue weighted by molar-refractivity contribution is -0.142. The van der Waals surface area contributed by atoms with Crippen molar-refractivity contribution in [3.05, 3.63) is 144 Å². The van der Waals surface area contributed by atoms with E-state index in [-0.39, 0.29) is 74.2 Å². The van der Waals surface area contributed by atoms with Crippen LogP contribution >= 0.6 is 25.3 Å². The number of benzene rings is 4. The van der Waals surface area contributed by atoms with E-state index in [1.165, 1.54) is 13.8 Å². The predicted molar refractivity (Wildman–Crippen MR) is 441 cm³/mol. The number of H-pyrrole nitrogens is 1. The lowest BCUT2D eigenvalue weighted by atomic mass is 9.99. The number of carboxylic acid groups (broad SMARTS) is 1. The molecular weight excluding hydrogens is 1530 g/mol. The van der Waals surface area contributed by atoms with E-state index in [4.69, 9.17) is 11.5 Å². The molecule has 1 aromatic heterocycles. The highest BCUT2D eigenvalue weighted by Crippen LogP contribution is 2.21. The van der Waals surface area contributed by atoms with Crippen LogP contribution in [-0.4, -0.2) is 207 Å². The summed E-state index contributed by atoms with van der Waals surface area (Å²) in [6.45, 7) is 15.6. The molecule has 35 heteroatoms. The first-order chi connectivity index (χ1) is 54.9. The van der Waals surface area contributed by atoms with E-state index in [0.29, 0.717) is 33.2 Å². The molecule has 0 radical (unpaired) electrons. The van der Waals surface area contributed by atoms with Crippen molar-refractivity contribution in [1.29, 1.82) is 0 Å². The number of rotatable bonds is 48. The molecule has 20 N–H and O–H groups in total. The van der Waals surface area contributed by atoms with Crippen molar-refractivity contribution in [2.24, 2.45) is 35.1 Å². The molecule has 33 nitrogen and oxygen atoms in total. The number of nitrogens with two attached hydrogens (primary N) is 2. The molecule has 632 valence electrons. The topological polar surface area (TPSA) is 521 Å². The van der Waals surface area contributed by atoms with E-state index < -0.39 is 199 Å². The zero-order chi connectivity index (χ0) is 86.0. The van der Waals surface area contributed by atoms with Crippen LogP contribution in [0.3, 0.4) is 0 Å². The van der Waals surface area contributed by atoms with Crippen LogP contribution in [-0.2, 0) is 97.6 Å². The first-order valence-electron chi connectivity index (χ1n) is 38.6. The Hall–Kier alpha value is -10.9. The molecule has 0 spiro atoms. The van der Waals surface area contributed by atoms with Crippen molar-refractivity contribution in [3.63, 3.8) is 0 Å². The van der Waals surface area contributed by atoms with Gasteiger partial charge in [0.25, 0.3) is 0 Å². The zero-order valence-corrected chi connectivity index (χ0v) is 68.8. The number of aliphatic hydroxyl groups excluding tert-OH is 1. The Kier molecular flexibility index (Phi) is 39.4. The Bertz CT molecular complexity index is 4160. The second-order valence-electron chi connectivity index (χ2n) is 30.3. The summed E-state index contributed by atoms with van der Waals surface area (Å²) in [5, 5.41) is 55.3. The van der Waals surface area contributed by atoms with E-state index in [2.05, 4.69) is 99.4 Å². The molecular formula is C81H114N16O17S2. The van der Waals surface area contributed by atoms with Crippen LogP contribution in [0.25, 0.3) is 10.9 Å². The maximum Gasteiger partial charge on any atom is 0.326 e. The fraction of sp³-hybridized carbons (Fsp3) is 0.494. The van der Waals surface area contributed by atoms with E-state index >= 15 is 0 Å². The second-order valence-corrected chi connectivity index (χ2v) is 31.1. The zero-order valence-electron chi connectivity index (χ0n) is 67.0. The molecule has 116 heavy (non-hydrogen) atoms. The number of aromatic amines is 1. The summed E-state index contributed by atoms with van der Waals surface area (Å²) in [5.74, 6) is -15.7. The van der Waals surface area contributed by atoms with E-state index in [1.54, 1.807) is 177 Å². The summed E-state index contributed by atoms with van der Waals surface area (Å²) in [5.41, 5.74) is 14.2. The van der Waals surface area contributed by atoms with Crippen molar-refractivity contribution in [2.75, 3.05) is 18.1 Å².